The Morgan fingerprint density at radius 2 is 1.59 bits per heavy atom. The minimum atomic E-state index is 0.0433. The molecule has 2 nitrogen and oxygen atoms in total. The summed E-state index contributed by atoms with van der Waals surface area (Å²) < 4.78 is 6.10. The van der Waals surface area contributed by atoms with Crippen LogP contribution in [0.4, 0.5) is 0 Å². The molecule has 1 aliphatic rings. The van der Waals surface area contributed by atoms with Crippen molar-refractivity contribution >= 4 is 0 Å². The Labute approximate surface area is 107 Å². The van der Waals surface area contributed by atoms with Crippen LogP contribution in [0.5, 0.6) is 0 Å². The van der Waals surface area contributed by atoms with E-state index in [1.807, 2.05) is 0 Å². The van der Waals surface area contributed by atoms with E-state index in [9.17, 15) is 0 Å². The number of unbranched alkanes of at least 4 members (excludes halogenated alkanes) is 5. The molecule has 0 aromatic rings. The lowest BCUT2D eigenvalue weighted by Crippen LogP contribution is -2.42. The maximum absolute atomic E-state index is 6.10. The summed E-state index contributed by atoms with van der Waals surface area (Å²) in [6.45, 7) is 3.89. The molecule has 102 valence electrons. The summed E-state index contributed by atoms with van der Waals surface area (Å²) in [6, 6.07) is 0. The summed E-state index contributed by atoms with van der Waals surface area (Å²) in [7, 11) is 0. The van der Waals surface area contributed by atoms with E-state index in [2.05, 4.69) is 6.92 Å². The molecular formula is C15H31NO. The maximum Gasteiger partial charge on any atom is 0.0804 e. The van der Waals surface area contributed by atoms with Crippen molar-refractivity contribution in [2.24, 2.45) is 5.73 Å². The Balaban J connectivity index is 2.03. The Morgan fingerprint density at radius 3 is 2.24 bits per heavy atom. The van der Waals surface area contributed by atoms with E-state index in [0.29, 0.717) is 6.54 Å². The number of rotatable bonds is 9. The molecule has 2 heteroatoms. The molecule has 0 radical (unpaired) electrons. The van der Waals surface area contributed by atoms with Crippen molar-refractivity contribution in [2.75, 3.05) is 13.2 Å². The molecule has 0 aliphatic heterocycles. The highest BCUT2D eigenvalue weighted by molar-refractivity contribution is 4.85. The van der Waals surface area contributed by atoms with Crippen molar-refractivity contribution in [3.05, 3.63) is 0 Å². The van der Waals surface area contributed by atoms with Crippen LogP contribution in [0.1, 0.15) is 77.6 Å². The van der Waals surface area contributed by atoms with E-state index in [1.165, 1.54) is 70.6 Å². The molecule has 1 rings (SSSR count). The number of ether oxygens (including phenoxy) is 1. The molecule has 0 amide bonds. The summed E-state index contributed by atoms with van der Waals surface area (Å²) in [4.78, 5) is 0. The fraction of sp³-hybridized carbons (Fsp3) is 1.00. The van der Waals surface area contributed by atoms with Crippen LogP contribution in [0.25, 0.3) is 0 Å². The van der Waals surface area contributed by atoms with Gasteiger partial charge >= 0.3 is 0 Å². The summed E-state index contributed by atoms with van der Waals surface area (Å²) in [6.07, 6.45) is 14.3. The molecule has 0 heterocycles. The first-order valence-corrected chi connectivity index (χ1v) is 7.67. The normalized spacial score (nSPS) is 19.4. The van der Waals surface area contributed by atoms with Gasteiger partial charge in [0.05, 0.1) is 5.60 Å². The average Bonchev–Trinajstić information content (AvgIpc) is 2.39. The average molecular weight is 241 g/mol. The Hall–Kier alpha value is -0.0800. The van der Waals surface area contributed by atoms with Crippen LogP contribution in [0.15, 0.2) is 0 Å². The van der Waals surface area contributed by atoms with Crippen molar-refractivity contribution in [3.8, 4) is 0 Å². The molecule has 1 fully saturated rings. The largest absolute Gasteiger partial charge is 0.374 e. The van der Waals surface area contributed by atoms with Gasteiger partial charge in [0.2, 0.25) is 0 Å². The van der Waals surface area contributed by atoms with Crippen LogP contribution in [0.2, 0.25) is 0 Å². The fourth-order valence-corrected chi connectivity index (χ4v) is 2.77. The van der Waals surface area contributed by atoms with Gasteiger partial charge in [-0.3, -0.25) is 0 Å². The molecule has 0 unspecified atom stereocenters. The predicted octanol–water partition coefficient (Wildman–Crippen LogP) is 4.03. The third kappa shape index (κ3) is 5.87. The summed E-state index contributed by atoms with van der Waals surface area (Å²) in [5, 5.41) is 0. The topological polar surface area (TPSA) is 35.2 Å². The van der Waals surface area contributed by atoms with Crippen LogP contribution in [-0.2, 0) is 4.74 Å². The molecule has 1 aliphatic carbocycles. The summed E-state index contributed by atoms with van der Waals surface area (Å²) >= 11 is 0. The van der Waals surface area contributed by atoms with E-state index < -0.39 is 0 Å². The number of hydrogen-bond donors (Lipinski definition) is 1. The molecule has 1 saturated carbocycles. The lowest BCUT2D eigenvalue weighted by Gasteiger charge is -2.36. The Bertz CT molecular complexity index is 176. The summed E-state index contributed by atoms with van der Waals surface area (Å²) in [5.41, 5.74) is 5.94. The van der Waals surface area contributed by atoms with Crippen molar-refractivity contribution in [2.45, 2.75) is 83.2 Å². The van der Waals surface area contributed by atoms with Crippen LogP contribution in [-0.4, -0.2) is 18.8 Å². The predicted molar refractivity (Wildman–Crippen MR) is 74.2 cm³/mol. The zero-order chi connectivity index (χ0) is 12.4. The minimum absolute atomic E-state index is 0.0433. The first kappa shape index (κ1) is 15.0. The first-order chi connectivity index (χ1) is 8.33. The van der Waals surface area contributed by atoms with Gasteiger partial charge in [-0.25, -0.2) is 0 Å². The van der Waals surface area contributed by atoms with Gasteiger partial charge in [0, 0.05) is 13.2 Å². The monoisotopic (exact) mass is 241 g/mol. The van der Waals surface area contributed by atoms with Gasteiger partial charge in [-0.15, -0.1) is 0 Å². The highest BCUT2D eigenvalue weighted by Crippen LogP contribution is 2.30. The Kier molecular flexibility index (Phi) is 7.87. The molecule has 0 bridgehead atoms. The highest BCUT2D eigenvalue weighted by Gasteiger charge is 2.30. The molecule has 0 aromatic carbocycles. The Morgan fingerprint density at radius 1 is 0.941 bits per heavy atom. The third-order valence-corrected chi connectivity index (χ3v) is 4.04. The van der Waals surface area contributed by atoms with Gasteiger partial charge in [-0.05, 0) is 19.3 Å². The quantitative estimate of drug-likeness (QED) is 0.619. The van der Waals surface area contributed by atoms with Gasteiger partial charge in [0.15, 0.2) is 0 Å². The molecule has 0 saturated heterocycles. The first-order valence-electron chi connectivity index (χ1n) is 7.67. The van der Waals surface area contributed by atoms with Crippen LogP contribution in [0, 0.1) is 0 Å². The standard InChI is InChI=1S/C15H31NO/c1-2-3-4-5-6-10-13-17-15(14-16)11-8-7-9-12-15/h2-14,16H2,1H3. The minimum Gasteiger partial charge on any atom is -0.374 e. The lowest BCUT2D eigenvalue weighted by atomic mass is 9.84. The van der Waals surface area contributed by atoms with Gasteiger partial charge < -0.3 is 10.5 Å². The molecule has 17 heavy (non-hydrogen) atoms. The highest BCUT2D eigenvalue weighted by atomic mass is 16.5. The van der Waals surface area contributed by atoms with Gasteiger partial charge in [0.1, 0.15) is 0 Å². The van der Waals surface area contributed by atoms with Crippen LogP contribution >= 0.6 is 0 Å². The second-order valence-corrected chi connectivity index (χ2v) is 5.56. The molecule has 0 spiro atoms. The lowest BCUT2D eigenvalue weighted by molar-refractivity contribution is -0.0643. The maximum atomic E-state index is 6.10. The van der Waals surface area contributed by atoms with E-state index >= 15 is 0 Å². The molecule has 0 aromatic heterocycles. The van der Waals surface area contributed by atoms with Crippen molar-refractivity contribution < 1.29 is 4.74 Å². The van der Waals surface area contributed by atoms with Crippen molar-refractivity contribution in [1.82, 2.24) is 0 Å². The van der Waals surface area contributed by atoms with Crippen molar-refractivity contribution in [1.29, 1.82) is 0 Å². The van der Waals surface area contributed by atoms with E-state index in [0.717, 1.165) is 6.61 Å². The zero-order valence-corrected chi connectivity index (χ0v) is 11.7. The molecular weight excluding hydrogens is 210 g/mol. The van der Waals surface area contributed by atoms with Crippen molar-refractivity contribution in [3.63, 3.8) is 0 Å². The van der Waals surface area contributed by atoms with E-state index in [1.54, 1.807) is 0 Å². The number of hydrogen-bond acceptors (Lipinski definition) is 2. The molecule has 0 atom stereocenters. The van der Waals surface area contributed by atoms with E-state index in [4.69, 9.17) is 10.5 Å². The van der Waals surface area contributed by atoms with Gasteiger partial charge in [-0.1, -0.05) is 58.3 Å². The SMILES string of the molecule is CCCCCCCCOC1(CN)CCCCC1. The molecule has 2 N–H and O–H groups in total. The second kappa shape index (κ2) is 8.93. The second-order valence-electron chi connectivity index (χ2n) is 5.56. The van der Waals surface area contributed by atoms with Gasteiger partial charge in [0.25, 0.3) is 0 Å². The smallest absolute Gasteiger partial charge is 0.0804 e. The van der Waals surface area contributed by atoms with E-state index in [-0.39, 0.29) is 5.60 Å². The fourth-order valence-electron chi connectivity index (χ4n) is 2.77. The number of nitrogens with two attached hydrogens (primary N) is 1. The van der Waals surface area contributed by atoms with Gasteiger partial charge in [-0.2, -0.15) is 0 Å². The zero-order valence-electron chi connectivity index (χ0n) is 11.7. The van der Waals surface area contributed by atoms with Crippen LogP contribution < -0.4 is 5.73 Å². The summed E-state index contributed by atoms with van der Waals surface area (Å²) in [5.74, 6) is 0. The van der Waals surface area contributed by atoms with Crippen LogP contribution in [0.3, 0.4) is 0 Å². The third-order valence-electron chi connectivity index (χ3n) is 4.04.